The Labute approximate surface area is 223 Å². The van der Waals surface area contributed by atoms with E-state index >= 15 is 0 Å². The number of nitro benzene ring substituents is 1. The van der Waals surface area contributed by atoms with Gasteiger partial charge in [-0.05, 0) is 50.2 Å². The summed E-state index contributed by atoms with van der Waals surface area (Å²) in [6.45, 7) is 7.00. The topological polar surface area (TPSA) is 190 Å². The lowest BCUT2D eigenvalue weighted by atomic mass is 10.3. The third-order valence-electron chi connectivity index (χ3n) is 5.07. The molecular formula is C22H34N2O10P2S2. The molecule has 0 bridgehead atoms. The molecule has 38 heavy (non-hydrogen) atoms. The van der Waals surface area contributed by atoms with Gasteiger partial charge in [0.1, 0.15) is 11.0 Å². The van der Waals surface area contributed by atoms with Gasteiger partial charge >= 0.3 is 0 Å². The van der Waals surface area contributed by atoms with Gasteiger partial charge in [0.25, 0.3) is 5.69 Å². The first-order chi connectivity index (χ1) is 17.6. The number of benzene rings is 2. The van der Waals surface area contributed by atoms with Gasteiger partial charge in [0.05, 0.1) is 27.9 Å². The van der Waals surface area contributed by atoms with Crippen LogP contribution in [0.1, 0.15) is 27.7 Å². The van der Waals surface area contributed by atoms with Gasteiger partial charge < -0.3 is 14.8 Å². The van der Waals surface area contributed by atoms with E-state index in [1.54, 1.807) is 27.7 Å². The van der Waals surface area contributed by atoms with Crippen LogP contribution in [-0.4, -0.2) is 58.3 Å². The molecule has 0 saturated carbocycles. The molecule has 0 spiro atoms. The first-order valence-corrected chi connectivity index (χ1v) is 18.9. The number of sulfone groups is 2. The second kappa shape index (κ2) is 14.3. The van der Waals surface area contributed by atoms with Gasteiger partial charge in [0.15, 0.2) is 19.7 Å². The molecule has 16 heteroatoms. The van der Waals surface area contributed by atoms with E-state index in [1.165, 1.54) is 24.3 Å². The molecule has 0 saturated heterocycles. The van der Waals surface area contributed by atoms with E-state index in [2.05, 4.69) is 0 Å². The molecule has 0 aliphatic carbocycles. The van der Waals surface area contributed by atoms with E-state index in [0.717, 1.165) is 24.3 Å². The van der Waals surface area contributed by atoms with Gasteiger partial charge in [0.2, 0.25) is 14.7 Å². The number of nitro groups is 1. The predicted octanol–water partition coefficient (Wildman–Crippen LogP) is 5.00. The number of rotatable bonds is 13. The molecule has 2 aromatic carbocycles. The average molecular weight is 613 g/mol. The summed E-state index contributed by atoms with van der Waals surface area (Å²) < 4.78 is 83.1. The van der Waals surface area contributed by atoms with Crippen molar-refractivity contribution in [2.75, 3.05) is 42.3 Å². The molecule has 0 aliphatic rings. The zero-order valence-electron chi connectivity index (χ0n) is 21.7. The van der Waals surface area contributed by atoms with E-state index in [1.807, 2.05) is 0 Å². The molecule has 2 aromatic rings. The summed E-state index contributed by atoms with van der Waals surface area (Å²) in [5, 5.41) is 10.5. The van der Waals surface area contributed by atoms with Crippen LogP contribution in [0.5, 0.6) is 0 Å². The molecular weight excluding hydrogens is 578 g/mol. The van der Waals surface area contributed by atoms with Gasteiger partial charge in [-0.1, -0.05) is 13.8 Å². The van der Waals surface area contributed by atoms with Crippen LogP contribution in [0.3, 0.4) is 0 Å². The number of hydrogen-bond acceptors (Lipinski definition) is 11. The van der Waals surface area contributed by atoms with Crippen LogP contribution in [0, 0.1) is 10.1 Å². The number of nitrogens with zero attached hydrogens (tertiary/aromatic N) is 1. The molecule has 214 valence electrons. The van der Waals surface area contributed by atoms with E-state index in [4.69, 9.17) is 14.8 Å². The summed E-state index contributed by atoms with van der Waals surface area (Å²) in [6, 6.07) is 10.3. The quantitative estimate of drug-likeness (QED) is 0.139. The number of nitrogens with two attached hydrogens (primary N) is 1. The summed E-state index contributed by atoms with van der Waals surface area (Å²) in [4.78, 5) is 9.91. The minimum Gasteiger partial charge on any atom is -0.399 e. The van der Waals surface area contributed by atoms with Crippen LogP contribution in [0.15, 0.2) is 58.3 Å². The minimum atomic E-state index is -3.81. The van der Waals surface area contributed by atoms with Crippen molar-refractivity contribution < 1.29 is 39.9 Å². The van der Waals surface area contributed by atoms with E-state index in [0.29, 0.717) is 5.69 Å². The lowest BCUT2D eigenvalue weighted by molar-refractivity contribution is -0.384. The normalized spacial score (nSPS) is 14.9. The Kier molecular flexibility index (Phi) is 12.8. The molecule has 0 heterocycles. The van der Waals surface area contributed by atoms with Gasteiger partial charge in [-0.15, -0.1) is 0 Å². The van der Waals surface area contributed by atoms with Crippen molar-refractivity contribution in [3.05, 3.63) is 58.6 Å². The number of hydrogen-bond donors (Lipinski definition) is 1. The predicted molar refractivity (Wildman–Crippen MR) is 148 cm³/mol. The minimum absolute atomic E-state index is 0.100. The SMILES string of the molecule is CCOP(=O)(CC)CS(=O)(=O)c1ccc(N)cc1.CCOP(=O)(CC)CS(=O)(=O)c1ccc([N+](=O)[O-])cc1. The largest absolute Gasteiger partial charge is 0.399 e. The standard InChI is InChI=1S/C11H16NO6PS.C11H18NO4PS/c1-3-18-19(15,4-2)9-20(16,17)11-7-5-10(6-8-11)12(13)14;1-3-16-17(13,4-2)9-18(14,15)11-7-5-10(12)6-8-11/h5-8H,3-4,9H2,1-2H3;5-8H,3-4,9,12H2,1-2H3. The smallest absolute Gasteiger partial charge is 0.269 e. The fraction of sp³-hybridized carbons (Fsp3) is 0.455. The first-order valence-electron chi connectivity index (χ1n) is 11.6. The average Bonchev–Trinajstić information content (AvgIpc) is 2.84. The number of non-ortho nitro benzene ring substituents is 1. The van der Waals surface area contributed by atoms with Gasteiger partial charge in [0, 0.05) is 30.1 Å². The molecule has 2 unspecified atom stereocenters. The number of nitrogen functional groups attached to an aromatic ring is 1. The zero-order chi connectivity index (χ0) is 29.2. The Balaban J connectivity index is 0.000000382. The van der Waals surface area contributed by atoms with Gasteiger partial charge in [-0.3, -0.25) is 19.2 Å². The summed E-state index contributed by atoms with van der Waals surface area (Å²) in [5.41, 5.74) is 4.72. The molecule has 0 aromatic heterocycles. The third kappa shape index (κ3) is 10.2. The van der Waals surface area contributed by atoms with Gasteiger partial charge in [-0.2, -0.15) is 0 Å². The second-order valence-electron chi connectivity index (χ2n) is 7.90. The fourth-order valence-electron chi connectivity index (χ4n) is 3.03. The highest BCUT2D eigenvalue weighted by molar-refractivity contribution is 7.98. The van der Waals surface area contributed by atoms with Gasteiger partial charge in [-0.25, -0.2) is 16.8 Å². The molecule has 0 fully saturated rings. The highest BCUT2D eigenvalue weighted by Crippen LogP contribution is 2.49. The molecule has 12 nitrogen and oxygen atoms in total. The monoisotopic (exact) mass is 612 g/mol. The summed E-state index contributed by atoms with van der Waals surface area (Å²) in [6.07, 6.45) is 0.322. The third-order valence-corrected chi connectivity index (χ3v) is 16.3. The lowest BCUT2D eigenvalue weighted by Gasteiger charge is -2.16. The summed E-state index contributed by atoms with van der Waals surface area (Å²) in [7, 11) is -13.8. The van der Waals surface area contributed by atoms with Crippen molar-refractivity contribution in [2.45, 2.75) is 37.5 Å². The van der Waals surface area contributed by atoms with Crippen molar-refractivity contribution in [1.82, 2.24) is 0 Å². The maximum absolute atomic E-state index is 12.2. The summed E-state index contributed by atoms with van der Waals surface area (Å²) in [5.74, 6) is 0. The Morgan fingerprint density at radius 2 is 1.08 bits per heavy atom. The van der Waals surface area contributed by atoms with Crippen LogP contribution in [0.2, 0.25) is 0 Å². The fourth-order valence-corrected chi connectivity index (χ4v) is 12.8. The van der Waals surface area contributed by atoms with Crippen LogP contribution in [-0.2, 0) is 37.9 Å². The highest BCUT2D eigenvalue weighted by Gasteiger charge is 2.31. The maximum atomic E-state index is 12.2. The van der Waals surface area contributed by atoms with Crippen molar-refractivity contribution in [2.24, 2.45) is 0 Å². The molecule has 0 amide bonds. The maximum Gasteiger partial charge on any atom is 0.269 e. The molecule has 2 atom stereocenters. The van der Waals surface area contributed by atoms with Crippen LogP contribution < -0.4 is 5.73 Å². The molecule has 0 radical (unpaired) electrons. The highest BCUT2D eigenvalue weighted by atomic mass is 32.2. The van der Waals surface area contributed by atoms with Crippen LogP contribution in [0.25, 0.3) is 0 Å². The lowest BCUT2D eigenvalue weighted by Crippen LogP contribution is -2.10. The Hall–Kier alpha value is -2.08. The zero-order valence-corrected chi connectivity index (χ0v) is 25.1. The molecule has 0 aliphatic heterocycles. The van der Waals surface area contributed by atoms with Crippen molar-refractivity contribution in [3.63, 3.8) is 0 Å². The van der Waals surface area contributed by atoms with Crippen molar-refractivity contribution >= 4 is 45.8 Å². The Morgan fingerprint density at radius 3 is 1.37 bits per heavy atom. The van der Waals surface area contributed by atoms with Crippen molar-refractivity contribution in [1.29, 1.82) is 0 Å². The van der Waals surface area contributed by atoms with Crippen molar-refractivity contribution in [3.8, 4) is 0 Å². The second-order valence-corrected chi connectivity index (χ2v) is 18.4. The van der Waals surface area contributed by atoms with Crippen LogP contribution in [0.4, 0.5) is 11.4 Å². The van der Waals surface area contributed by atoms with E-state index < -0.39 is 50.3 Å². The Morgan fingerprint density at radius 1 is 0.737 bits per heavy atom. The number of anilines is 1. The molecule has 2 rings (SSSR count). The molecule has 2 N–H and O–H groups in total. The first kappa shape index (κ1) is 33.9. The summed E-state index contributed by atoms with van der Waals surface area (Å²) >= 11 is 0. The van der Waals surface area contributed by atoms with E-state index in [-0.39, 0.29) is 41.0 Å². The van der Waals surface area contributed by atoms with E-state index in [9.17, 15) is 36.1 Å². The van der Waals surface area contributed by atoms with Crippen LogP contribution >= 0.6 is 14.7 Å². The Bertz CT molecular complexity index is 1380.